The average molecular weight is 248 g/mol. The summed E-state index contributed by atoms with van der Waals surface area (Å²) < 4.78 is 0. The first-order valence-corrected chi connectivity index (χ1v) is 6.22. The molecule has 0 saturated carbocycles. The van der Waals surface area contributed by atoms with Crippen molar-refractivity contribution in [3.05, 3.63) is 41.7 Å². The Morgan fingerprint density at radius 1 is 1.44 bits per heavy atom. The van der Waals surface area contributed by atoms with E-state index in [1.54, 1.807) is 12.3 Å². The summed E-state index contributed by atoms with van der Waals surface area (Å²) in [5, 5.41) is 8.95. The van der Waals surface area contributed by atoms with Gasteiger partial charge in [-0.2, -0.15) is 0 Å². The quantitative estimate of drug-likeness (QED) is 0.752. The second-order valence-corrected chi connectivity index (χ2v) is 4.04. The van der Waals surface area contributed by atoms with Crippen LogP contribution >= 0.6 is 0 Å². The van der Waals surface area contributed by atoms with Crippen LogP contribution in [0.2, 0.25) is 0 Å². The molecular weight excluding hydrogens is 228 g/mol. The maximum Gasteiger partial charge on any atom is 0.331 e. The van der Waals surface area contributed by atoms with E-state index in [-0.39, 0.29) is 0 Å². The Kier molecular flexibility index (Phi) is 6.08. The third-order valence-electron chi connectivity index (χ3n) is 2.81. The molecule has 98 valence electrons. The number of aliphatic carboxylic acids is 1. The number of pyridine rings is 1. The summed E-state index contributed by atoms with van der Waals surface area (Å²) in [5.41, 5.74) is 1.47. The Labute approximate surface area is 108 Å². The van der Waals surface area contributed by atoms with Crippen LogP contribution in [0.5, 0.6) is 0 Å². The van der Waals surface area contributed by atoms with Crippen LogP contribution in [0.4, 0.5) is 0 Å². The summed E-state index contributed by atoms with van der Waals surface area (Å²) in [6, 6.07) is 5.82. The van der Waals surface area contributed by atoms with Crippen molar-refractivity contribution in [2.75, 3.05) is 13.1 Å². The van der Waals surface area contributed by atoms with E-state index in [4.69, 9.17) is 5.11 Å². The van der Waals surface area contributed by atoms with Crippen LogP contribution in [0, 0.1) is 0 Å². The molecule has 0 aliphatic heterocycles. The van der Waals surface area contributed by atoms with Gasteiger partial charge in [-0.05, 0) is 25.1 Å². The van der Waals surface area contributed by atoms with Crippen LogP contribution in [0.25, 0.3) is 0 Å². The summed E-state index contributed by atoms with van der Waals surface area (Å²) >= 11 is 0. The Morgan fingerprint density at radius 3 is 2.72 bits per heavy atom. The monoisotopic (exact) mass is 248 g/mol. The van der Waals surface area contributed by atoms with E-state index < -0.39 is 5.97 Å². The van der Waals surface area contributed by atoms with Crippen LogP contribution in [0.1, 0.15) is 26.0 Å². The molecule has 1 rings (SSSR count). The van der Waals surface area contributed by atoms with Crippen molar-refractivity contribution in [1.82, 2.24) is 9.88 Å². The highest BCUT2D eigenvalue weighted by Gasteiger charge is 2.06. The molecule has 0 saturated heterocycles. The van der Waals surface area contributed by atoms with Gasteiger partial charge < -0.3 is 5.11 Å². The van der Waals surface area contributed by atoms with Crippen LogP contribution in [0.15, 0.2) is 36.0 Å². The molecule has 1 heterocycles. The largest absolute Gasteiger partial charge is 0.478 e. The van der Waals surface area contributed by atoms with Crippen molar-refractivity contribution in [3.8, 4) is 0 Å². The SMILES string of the molecule is CC/C(=C/CN(CC)Cc1ccccn1)C(=O)O. The molecular formula is C14H20N2O2. The summed E-state index contributed by atoms with van der Waals surface area (Å²) in [6.45, 7) is 6.16. The fourth-order valence-electron chi connectivity index (χ4n) is 1.65. The molecule has 0 aliphatic rings. The zero-order valence-electron chi connectivity index (χ0n) is 11.0. The maximum absolute atomic E-state index is 10.9. The lowest BCUT2D eigenvalue weighted by atomic mass is 10.2. The molecule has 1 aromatic rings. The molecule has 0 radical (unpaired) electrons. The van der Waals surface area contributed by atoms with Gasteiger partial charge in [0.25, 0.3) is 0 Å². The summed E-state index contributed by atoms with van der Waals surface area (Å²) in [6.07, 6.45) is 4.11. The second-order valence-electron chi connectivity index (χ2n) is 4.04. The number of hydrogen-bond donors (Lipinski definition) is 1. The van der Waals surface area contributed by atoms with Crippen molar-refractivity contribution in [2.24, 2.45) is 0 Å². The van der Waals surface area contributed by atoms with Gasteiger partial charge in [-0.3, -0.25) is 9.88 Å². The van der Waals surface area contributed by atoms with E-state index in [0.29, 0.717) is 18.5 Å². The number of carboxylic acids is 1. The lowest BCUT2D eigenvalue weighted by Gasteiger charge is -2.18. The molecule has 1 N–H and O–H groups in total. The molecule has 0 unspecified atom stereocenters. The number of carbonyl (C=O) groups is 1. The Bertz CT molecular complexity index is 402. The number of hydrogen-bond acceptors (Lipinski definition) is 3. The normalized spacial score (nSPS) is 11.8. The van der Waals surface area contributed by atoms with Gasteiger partial charge in [0.2, 0.25) is 0 Å². The third kappa shape index (κ3) is 4.67. The summed E-state index contributed by atoms with van der Waals surface area (Å²) in [7, 11) is 0. The van der Waals surface area contributed by atoms with Crippen molar-refractivity contribution in [1.29, 1.82) is 0 Å². The van der Waals surface area contributed by atoms with E-state index in [1.807, 2.05) is 25.1 Å². The van der Waals surface area contributed by atoms with E-state index in [2.05, 4.69) is 16.8 Å². The fourth-order valence-corrected chi connectivity index (χ4v) is 1.65. The average Bonchev–Trinajstić information content (AvgIpc) is 2.38. The molecule has 0 spiro atoms. The number of rotatable bonds is 7. The zero-order chi connectivity index (χ0) is 13.4. The highest BCUT2D eigenvalue weighted by molar-refractivity contribution is 5.86. The molecule has 1 aromatic heterocycles. The lowest BCUT2D eigenvalue weighted by molar-refractivity contribution is -0.132. The number of likely N-dealkylation sites (N-methyl/N-ethyl adjacent to an activating group) is 1. The zero-order valence-corrected chi connectivity index (χ0v) is 11.0. The molecule has 0 fully saturated rings. The van der Waals surface area contributed by atoms with E-state index in [9.17, 15) is 4.79 Å². The first-order valence-electron chi connectivity index (χ1n) is 6.22. The molecule has 0 atom stereocenters. The van der Waals surface area contributed by atoms with Crippen LogP contribution in [0.3, 0.4) is 0 Å². The number of nitrogens with zero attached hydrogens (tertiary/aromatic N) is 2. The Balaban J connectivity index is 2.60. The molecule has 0 aromatic carbocycles. The van der Waals surface area contributed by atoms with Crippen LogP contribution < -0.4 is 0 Å². The second kappa shape index (κ2) is 7.61. The fraction of sp³-hybridized carbons (Fsp3) is 0.429. The molecule has 0 amide bonds. The molecule has 0 bridgehead atoms. The molecule has 18 heavy (non-hydrogen) atoms. The summed E-state index contributed by atoms with van der Waals surface area (Å²) in [4.78, 5) is 17.3. The third-order valence-corrected chi connectivity index (χ3v) is 2.81. The van der Waals surface area contributed by atoms with Crippen molar-refractivity contribution in [2.45, 2.75) is 26.8 Å². The van der Waals surface area contributed by atoms with Gasteiger partial charge in [0.1, 0.15) is 0 Å². The molecule has 0 aliphatic carbocycles. The van der Waals surface area contributed by atoms with Crippen LogP contribution in [-0.2, 0) is 11.3 Å². The standard InChI is InChI=1S/C14H20N2O2/c1-3-12(14(17)18)8-10-16(4-2)11-13-7-5-6-9-15-13/h5-9H,3-4,10-11H2,1-2H3,(H,17,18)/b12-8-. The minimum atomic E-state index is -0.827. The van der Waals surface area contributed by atoms with Gasteiger partial charge in [0, 0.05) is 24.9 Å². The first-order chi connectivity index (χ1) is 8.67. The first kappa shape index (κ1) is 14.4. The number of aromatic nitrogens is 1. The van der Waals surface area contributed by atoms with Gasteiger partial charge >= 0.3 is 5.97 Å². The number of carboxylic acid groups (broad SMARTS) is 1. The molecule has 4 heteroatoms. The topological polar surface area (TPSA) is 53.4 Å². The predicted octanol–water partition coefficient (Wildman–Crippen LogP) is 2.32. The van der Waals surface area contributed by atoms with Gasteiger partial charge in [0.05, 0.1) is 5.69 Å². The van der Waals surface area contributed by atoms with E-state index in [1.165, 1.54) is 0 Å². The minimum Gasteiger partial charge on any atom is -0.478 e. The van der Waals surface area contributed by atoms with Crippen molar-refractivity contribution >= 4 is 5.97 Å². The van der Waals surface area contributed by atoms with E-state index >= 15 is 0 Å². The van der Waals surface area contributed by atoms with Gasteiger partial charge in [-0.1, -0.05) is 26.0 Å². The summed E-state index contributed by atoms with van der Waals surface area (Å²) in [5.74, 6) is -0.827. The highest BCUT2D eigenvalue weighted by atomic mass is 16.4. The maximum atomic E-state index is 10.9. The Morgan fingerprint density at radius 2 is 2.22 bits per heavy atom. The smallest absolute Gasteiger partial charge is 0.331 e. The molecule has 4 nitrogen and oxygen atoms in total. The predicted molar refractivity (Wildman–Crippen MR) is 71.2 cm³/mol. The van der Waals surface area contributed by atoms with Gasteiger partial charge in [0.15, 0.2) is 0 Å². The van der Waals surface area contributed by atoms with E-state index in [0.717, 1.165) is 18.8 Å². The van der Waals surface area contributed by atoms with Crippen LogP contribution in [-0.4, -0.2) is 34.0 Å². The van der Waals surface area contributed by atoms with Gasteiger partial charge in [-0.15, -0.1) is 0 Å². The lowest BCUT2D eigenvalue weighted by Crippen LogP contribution is -2.24. The minimum absolute atomic E-state index is 0.467. The van der Waals surface area contributed by atoms with Crippen molar-refractivity contribution in [3.63, 3.8) is 0 Å². The highest BCUT2D eigenvalue weighted by Crippen LogP contribution is 2.04. The Hall–Kier alpha value is -1.68. The van der Waals surface area contributed by atoms with Gasteiger partial charge in [-0.25, -0.2) is 4.79 Å². The van der Waals surface area contributed by atoms with Crippen molar-refractivity contribution < 1.29 is 9.90 Å².